The molecule has 168 valence electrons. The van der Waals surface area contributed by atoms with Gasteiger partial charge in [-0.1, -0.05) is 17.7 Å². The summed E-state index contributed by atoms with van der Waals surface area (Å²) in [5.74, 6) is 0.275. The maximum atomic E-state index is 12.8. The number of amides is 3. The van der Waals surface area contributed by atoms with Crippen molar-refractivity contribution in [1.82, 2.24) is 4.90 Å². The van der Waals surface area contributed by atoms with Crippen molar-refractivity contribution in [2.24, 2.45) is 0 Å². The Morgan fingerprint density at radius 2 is 1.69 bits per heavy atom. The summed E-state index contributed by atoms with van der Waals surface area (Å²) in [6, 6.07) is 8.95. The summed E-state index contributed by atoms with van der Waals surface area (Å²) >= 11 is 0.773. The van der Waals surface area contributed by atoms with Crippen molar-refractivity contribution < 1.29 is 28.6 Å². The standard InChI is InChI=1S/C23H24N2O6S/c1-13-6-7-16(14(2)8-13)24-20(26)12-25-22(27)19(32-23(25)28)11-15-9-17(29-3)21(31-5)18(10-15)30-4/h6-11H,12H2,1-5H3,(H,24,26)/b19-11-. The molecule has 0 aliphatic carbocycles. The van der Waals surface area contributed by atoms with Gasteiger partial charge in [0.1, 0.15) is 6.54 Å². The van der Waals surface area contributed by atoms with E-state index >= 15 is 0 Å². The van der Waals surface area contributed by atoms with Gasteiger partial charge in [-0.15, -0.1) is 0 Å². The van der Waals surface area contributed by atoms with Crippen LogP contribution in [0.4, 0.5) is 10.5 Å². The van der Waals surface area contributed by atoms with Gasteiger partial charge in [0.2, 0.25) is 11.7 Å². The van der Waals surface area contributed by atoms with Crippen molar-refractivity contribution in [3.05, 3.63) is 51.9 Å². The third kappa shape index (κ3) is 4.88. The number of hydrogen-bond acceptors (Lipinski definition) is 7. The molecule has 8 nitrogen and oxygen atoms in total. The number of anilines is 1. The molecule has 3 amide bonds. The molecule has 1 N–H and O–H groups in total. The minimum atomic E-state index is -0.537. The summed E-state index contributed by atoms with van der Waals surface area (Å²) in [7, 11) is 4.47. The Balaban J connectivity index is 1.78. The van der Waals surface area contributed by atoms with Gasteiger partial charge in [-0.05, 0) is 61.0 Å². The molecule has 0 spiro atoms. The summed E-state index contributed by atoms with van der Waals surface area (Å²) in [5, 5.41) is 2.24. The fourth-order valence-corrected chi connectivity index (χ4v) is 4.10. The zero-order chi connectivity index (χ0) is 23.4. The van der Waals surface area contributed by atoms with Crippen LogP contribution >= 0.6 is 11.8 Å². The van der Waals surface area contributed by atoms with Crippen LogP contribution < -0.4 is 19.5 Å². The predicted molar refractivity (Wildman–Crippen MR) is 123 cm³/mol. The lowest BCUT2D eigenvalue weighted by atomic mass is 10.1. The Kier molecular flexibility index (Phi) is 7.09. The van der Waals surface area contributed by atoms with Gasteiger partial charge < -0.3 is 19.5 Å². The van der Waals surface area contributed by atoms with E-state index in [4.69, 9.17) is 14.2 Å². The maximum absolute atomic E-state index is 12.8. The summed E-state index contributed by atoms with van der Waals surface area (Å²) in [6.45, 7) is 3.46. The zero-order valence-electron chi connectivity index (χ0n) is 18.5. The Hall–Kier alpha value is -3.46. The van der Waals surface area contributed by atoms with Gasteiger partial charge >= 0.3 is 0 Å². The molecule has 3 rings (SSSR count). The minimum absolute atomic E-state index is 0.198. The van der Waals surface area contributed by atoms with Gasteiger partial charge in [-0.3, -0.25) is 19.3 Å². The first-order valence-electron chi connectivity index (χ1n) is 9.69. The monoisotopic (exact) mass is 456 g/mol. The van der Waals surface area contributed by atoms with Gasteiger partial charge in [0.25, 0.3) is 11.1 Å². The second-order valence-corrected chi connectivity index (χ2v) is 8.09. The molecule has 1 aliphatic rings. The molecular formula is C23H24N2O6S. The molecule has 32 heavy (non-hydrogen) atoms. The maximum Gasteiger partial charge on any atom is 0.294 e. The van der Waals surface area contributed by atoms with Gasteiger partial charge in [-0.2, -0.15) is 0 Å². The smallest absolute Gasteiger partial charge is 0.294 e. The van der Waals surface area contributed by atoms with Crippen LogP contribution in [0.25, 0.3) is 6.08 Å². The molecule has 0 atom stereocenters. The van der Waals surface area contributed by atoms with Crippen LogP contribution in [-0.2, 0) is 9.59 Å². The van der Waals surface area contributed by atoms with Gasteiger partial charge in [0, 0.05) is 5.69 Å². The first-order valence-corrected chi connectivity index (χ1v) is 10.5. The van der Waals surface area contributed by atoms with Crippen molar-refractivity contribution >= 4 is 40.6 Å². The van der Waals surface area contributed by atoms with Crippen LogP contribution in [0, 0.1) is 13.8 Å². The van der Waals surface area contributed by atoms with E-state index in [-0.39, 0.29) is 11.4 Å². The number of nitrogens with zero attached hydrogens (tertiary/aromatic N) is 1. The summed E-state index contributed by atoms with van der Waals surface area (Å²) < 4.78 is 15.9. The number of carbonyl (C=O) groups excluding carboxylic acids is 3. The van der Waals surface area contributed by atoms with Crippen molar-refractivity contribution in [1.29, 1.82) is 0 Å². The highest BCUT2D eigenvalue weighted by atomic mass is 32.2. The largest absolute Gasteiger partial charge is 0.493 e. The summed E-state index contributed by atoms with van der Waals surface area (Å²) in [4.78, 5) is 38.8. The summed E-state index contributed by atoms with van der Waals surface area (Å²) in [5.41, 5.74) is 3.20. The third-order valence-corrected chi connectivity index (χ3v) is 5.72. The van der Waals surface area contributed by atoms with Crippen LogP contribution in [0.2, 0.25) is 0 Å². The highest BCUT2D eigenvalue weighted by Gasteiger charge is 2.36. The molecule has 0 unspecified atom stereocenters. The lowest BCUT2D eigenvalue weighted by Gasteiger charge is -2.14. The fourth-order valence-electron chi connectivity index (χ4n) is 3.26. The molecule has 1 saturated heterocycles. The molecule has 0 aromatic heterocycles. The number of ether oxygens (including phenoxy) is 3. The highest BCUT2D eigenvalue weighted by Crippen LogP contribution is 2.40. The van der Waals surface area contributed by atoms with Crippen LogP contribution in [0.15, 0.2) is 35.2 Å². The van der Waals surface area contributed by atoms with Crippen molar-refractivity contribution in [3.63, 3.8) is 0 Å². The molecule has 1 heterocycles. The lowest BCUT2D eigenvalue weighted by Crippen LogP contribution is -2.36. The predicted octanol–water partition coefficient (Wildman–Crippen LogP) is 4.00. The number of hydrogen-bond donors (Lipinski definition) is 1. The molecule has 0 radical (unpaired) electrons. The average Bonchev–Trinajstić information content (AvgIpc) is 3.02. The average molecular weight is 457 g/mol. The number of benzene rings is 2. The number of methoxy groups -OCH3 is 3. The first-order chi connectivity index (χ1) is 15.3. The number of aryl methyl sites for hydroxylation is 2. The summed E-state index contributed by atoms with van der Waals surface area (Å²) in [6.07, 6.45) is 1.55. The van der Waals surface area contributed by atoms with E-state index < -0.39 is 17.1 Å². The van der Waals surface area contributed by atoms with Gasteiger partial charge in [0.15, 0.2) is 11.5 Å². The quantitative estimate of drug-likeness (QED) is 0.629. The van der Waals surface area contributed by atoms with Crippen LogP contribution in [0.5, 0.6) is 17.2 Å². The molecule has 2 aromatic rings. The van der Waals surface area contributed by atoms with E-state index in [2.05, 4.69) is 5.32 Å². The van der Waals surface area contributed by atoms with E-state index in [1.165, 1.54) is 21.3 Å². The first kappa shape index (κ1) is 23.2. The topological polar surface area (TPSA) is 94.2 Å². The van der Waals surface area contributed by atoms with Crippen LogP contribution in [0.1, 0.15) is 16.7 Å². The highest BCUT2D eigenvalue weighted by molar-refractivity contribution is 8.18. The molecule has 9 heteroatoms. The van der Waals surface area contributed by atoms with Crippen molar-refractivity contribution in [2.75, 3.05) is 33.2 Å². The van der Waals surface area contributed by atoms with Gasteiger partial charge in [-0.25, -0.2) is 0 Å². The molecule has 1 fully saturated rings. The normalized spacial score (nSPS) is 14.7. The number of imide groups is 1. The molecule has 0 saturated carbocycles. The Bertz CT molecular complexity index is 1090. The Morgan fingerprint density at radius 3 is 2.25 bits per heavy atom. The number of nitrogens with one attached hydrogen (secondary N) is 1. The van der Waals surface area contributed by atoms with E-state index in [1.807, 2.05) is 26.0 Å². The van der Waals surface area contributed by atoms with Crippen LogP contribution in [0.3, 0.4) is 0 Å². The number of thioether (sulfide) groups is 1. The van der Waals surface area contributed by atoms with Gasteiger partial charge in [0.05, 0.1) is 26.2 Å². The molecule has 0 bridgehead atoms. The fraction of sp³-hybridized carbons (Fsp3) is 0.261. The SMILES string of the molecule is COc1cc(/C=C2\SC(=O)N(CC(=O)Nc3ccc(C)cc3C)C2=O)cc(OC)c1OC. The van der Waals surface area contributed by atoms with Crippen molar-refractivity contribution in [3.8, 4) is 17.2 Å². The second-order valence-electron chi connectivity index (χ2n) is 7.09. The number of carbonyl (C=O) groups is 3. The van der Waals surface area contributed by atoms with E-state index in [0.717, 1.165) is 27.8 Å². The van der Waals surface area contributed by atoms with E-state index in [0.29, 0.717) is 28.5 Å². The molecule has 1 aliphatic heterocycles. The molecule has 2 aromatic carbocycles. The van der Waals surface area contributed by atoms with E-state index in [1.54, 1.807) is 24.3 Å². The third-order valence-electron chi connectivity index (χ3n) is 4.82. The zero-order valence-corrected chi connectivity index (χ0v) is 19.3. The Labute approximate surface area is 190 Å². The Morgan fingerprint density at radius 1 is 1.03 bits per heavy atom. The lowest BCUT2D eigenvalue weighted by molar-refractivity contribution is -0.127. The van der Waals surface area contributed by atoms with Crippen molar-refractivity contribution in [2.45, 2.75) is 13.8 Å². The minimum Gasteiger partial charge on any atom is -0.493 e. The second kappa shape index (κ2) is 9.78. The van der Waals surface area contributed by atoms with Crippen LogP contribution in [-0.4, -0.2) is 49.8 Å². The number of rotatable bonds is 7. The van der Waals surface area contributed by atoms with E-state index in [9.17, 15) is 14.4 Å². The molecular weight excluding hydrogens is 432 g/mol.